The maximum Gasteiger partial charge on any atom is 0.241 e. The van der Waals surface area contributed by atoms with E-state index in [-0.39, 0.29) is 29.3 Å². The van der Waals surface area contributed by atoms with Crippen molar-refractivity contribution in [1.82, 2.24) is 10.0 Å². The summed E-state index contributed by atoms with van der Waals surface area (Å²) in [7, 11) is -2.16. The molecule has 118 valence electrons. The Hall–Kier alpha value is -1.15. The molecule has 8 heteroatoms. The van der Waals surface area contributed by atoms with E-state index in [1.807, 2.05) is 0 Å². The minimum atomic E-state index is -3.52. The summed E-state index contributed by atoms with van der Waals surface area (Å²) in [6, 6.07) is 4.65. The van der Waals surface area contributed by atoms with Crippen LogP contribution in [0.2, 0.25) is 0 Å². The SMILES string of the molecule is CNS(=O)(=O)c1cccc(NC(=O)C2CCCN2)c1C.Cl. The van der Waals surface area contributed by atoms with Gasteiger partial charge in [-0.2, -0.15) is 0 Å². The van der Waals surface area contributed by atoms with Crippen LogP contribution in [0.15, 0.2) is 23.1 Å². The third-order valence-electron chi connectivity index (χ3n) is 3.48. The molecular formula is C13H20ClN3O3S. The van der Waals surface area contributed by atoms with Crippen molar-refractivity contribution >= 4 is 34.0 Å². The first-order valence-corrected chi connectivity index (χ1v) is 8.01. The Bertz CT molecular complexity index is 613. The van der Waals surface area contributed by atoms with Crippen molar-refractivity contribution in [2.45, 2.75) is 30.7 Å². The van der Waals surface area contributed by atoms with Gasteiger partial charge in [-0.15, -0.1) is 12.4 Å². The van der Waals surface area contributed by atoms with E-state index in [0.29, 0.717) is 11.3 Å². The van der Waals surface area contributed by atoms with Gasteiger partial charge in [0.2, 0.25) is 15.9 Å². The number of hydrogen-bond acceptors (Lipinski definition) is 4. The molecule has 1 unspecified atom stereocenters. The Morgan fingerprint density at radius 1 is 1.38 bits per heavy atom. The van der Waals surface area contributed by atoms with Gasteiger partial charge >= 0.3 is 0 Å². The van der Waals surface area contributed by atoms with Crippen molar-refractivity contribution < 1.29 is 13.2 Å². The van der Waals surface area contributed by atoms with E-state index in [1.165, 1.54) is 13.1 Å². The summed E-state index contributed by atoms with van der Waals surface area (Å²) >= 11 is 0. The zero-order chi connectivity index (χ0) is 14.8. The topological polar surface area (TPSA) is 87.3 Å². The lowest BCUT2D eigenvalue weighted by Gasteiger charge is -2.15. The first-order valence-electron chi connectivity index (χ1n) is 6.53. The fraction of sp³-hybridized carbons (Fsp3) is 0.462. The summed E-state index contributed by atoms with van der Waals surface area (Å²) < 4.78 is 26.0. The second kappa shape index (κ2) is 7.22. The van der Waals surface area contributed by atoms with Crippen LogP contribution in [0.4, 0.5) is 5.69 Å². The molecule has 1 heterocycles. The molecule has 1 fully saturated rings. The molecule has 1 aliphatic rings. The van der Waals surface area contributed by atoms with E-state index >= 15 is 0 Å². The van der Waals surface area contributed by atoms with Gasteiger partial charge in [-0.3, -0.25) is 4.79 Å². The molecule has 0 aliphatic carbocycles. The lowest BCUT2D eigenvalue weighted by atomic mass is 10.1. The molecule has 1 aliphatic heterocycles. The predicted molar refractivity (Wildman–Crippen MR) is 84.3 cm³/mol. The first kappa shape index (κ1) is 17.9. The Labute approximate surface area is 131 Å². The largest absolute Gasteiger partial charge is 0.324 e. The Kier molecular flexibility index (Phi) is 6.15. The molecule has 1 amide bonds. The molecule has 0 saturated carbocycles. The van der Waals surface area contributed by atoms with E-state index in [9.17, 15) is 13.2 Å². The van der Waals surface area contributed by atoms with E-state index < -0.39 is 10.0 Å². The van der Waals surface area contributed by atoms with Crippen LogP contribution >= 0.6 is 12.4 Å². The molecule has 0 aromatic heterocycles. The van der Waals surface area contributed by atoms with Crippen molar-refractivity contribution in [3.63, 3.8) is 0 Å². The number of halogens is 1. The van der Waals surface area contributed by atoms with Gasteiger partial charge in [0.15, 0.2) is 0 Å². The highest BCUT2D eigenvalue weighted by atomic mass is 35.5. The number of carbonyl (C=O) groups is 1. The molecule has 6 nitrogen and oxygen atoms in total. The van der Waals surface area contributed by atoms with E-state index in [1.54, 1.807) is 19.1 Å². The van der Waals surface area contributed by atoms with Crippen molar-refractivity contribution in [3.05, 3.63) is 23.8 Å². The number of carbonyl (C=O) groups excluding carboxylic acids is 1. The Morgan fingerprint density at radius 2 is 2.10 bits per heavy atom. The van der Waals surface area contributed by atoms with Crippen LogP contribution in [-0.4, -0.2) is 34.0 Å². The molecule has 1 aromatic carbocycles. The highest BCUT2D eigenvalue weighted by Gasteiger charge is 2.23. The lowest BCUT2D eigenvalue weighted by Crippen LogP contribution is -2.35. The summed E-state index contributed by atoms with van der Waals surface area (Å²) in [6.07, 6.45) is 1.78. The highest BCUT2D eigenvalue weighted by Crippen LogP contribution is 2.23. The fourth-order valence-electron chi connectivity index (χ4n) is 2.28. The third-order valence-corrected chi connectivity index (χ3v) is 5.04. The monoisotopic (exact) mass is 333 g/mol. The average molecular weight is 334 g/mol. The number of sulfonamides is 1. The van der Waals surface area contributed by atoms with E-state index in [4.69, 9.17) is 0 Å². The number of nitrogens with one attached hydrogen (secondary N) is 3. The van der Waals surface area contributed by atoms with Crippen LogP contribution in [0.5, 0.6) is 0 Å². The zero-order valence-corrected chi connectivity index (χ0v) is 13.6. The van der Waals surface area contributed by atoms with Gasteiger partial charge in [-0.1, -0.05) is 6.07 Å². The van der Waals surface area contributed by atoms with Gasteiger partial charge in [0.1, 0.15) is 0 Å². The quantitative estimate of drug-likeness (QED) is 0.767. The van der Waals surface area contributed by atoms with Gasteiger partial charge in [0.25, 0.3) is 0 Å². The van der Waals surface area contributed by atoms with Crippen LogP contribution in [0.3, 0.4) is 0 Å². The van der Waals surface area contributed by atoms with Gasteiger partial charge in [0, 0.05) is 5.69 Å². The summed E-state index contributed by atoms with van der Waals surface area (Å²) in [4.78, 5) is 12.2. The van der Waals surface area contributed by atoms with Crippen molar-refractivity contribution in [3.8, 4) is 0 Å². The first-order chi connectivity index (χ1) is 9.45. The number of rotatable bonds is 4. The number of anilines is 1. The van der Waals surface area contributed by atoms with Crippen molar-refractivity contribution in [2.24, 2.45) is 0 Å². The van der Waals surface area contributed by atoms with Crippen molar-refractivity contribution in [2.75, 3.05) is 18.9 Å². The lowest BCUT2D eigenvalue weighted by molar-refractivity contribution is -0.117. The molecule has 0 spiro atoms. The number of benzene rings is 1. The minimum absolute atomic E-state index is 0. The van der Waals surface area contributed by atoms with Crippen molar-refractivity contribution in [1.29, 1.82) is 0 Å². The molecule has 2 rings (SSSR count). The van der Waals surface area contributed by atoms with Crippen LogP contribution in [0.1, 0.15) is 18.4 Å². The minimum Gasteiger partial charge on any atom is -0.324 e. The van der Waals surface area contributed by atoms with Crippen LogP contribution in [-0.2, 0) is 14.8 Å². The molecule has 0 bridgehead atoms. The summed E-state index contributed by atoms with van der Waals surface area (Å²) in [6.45, 7) is 2.52. The average Bonchev–Trinajstić information content (AvgIpc) is 2.95. The Morgan fingerprint density at radius 3 is 2.67 bits per heavy atom. The molecule has 21 heavy (non-hydrogen) atoms. The van der Waals surface area contributed by atoms with Gasteiger partial charge < -0.3 is 10.6 Å². The summed E-state index contributed by atoms with van der Waals surface area (Å²) in [5, 5.41) is 5.90. The second-order valence-corrected chi connectivity index (χ2v) is 6.63. The molecule has 1 atom stereocenters. The third kappa shape index (κ3) is 3.94. The predicted octanol–water partition coefficient (Wildman–Crippen LogP) is 1.02. The Balaban J connectivity index is 0.00000220. The fourth-order valence-corrected chi connectivity index (χ4v) is 3.27. The molecular weight excluding hydrogens is 314 g/mol. The summed E-state index contributed by atoms with van der Waals surface area (Å²) in [5.41, 5.74) is 1.06. The zero-order valence-electron chi connectivity index (χ0n) is 12.0. The normalized spacial score (nSPS) is 18.1. The highest BCUT2D eigenvalue weighted by molar-refractivity contribution is 7.89. The second-order valence-electron chi connectivity index (χ2n) is 4.77. The van der Waals surface area contributed by atoms with Crippen LogP contribution < -0.4 is 15.4 Å². The van der Waals surface area contributed by atoms with Crippen LogP contribution in [0, 0.1) is 6.92 Å². The number of amides is 1. The van der Waals surface area contributed by atoms with Gasteiger partial charge in [0.05, 0.1) is 10.9 Å². The molecule has 1 saturated heterocycles. The summed E-state index contributed by atoms with van der Waals surface area (Å²) in [5.74, 6) is -0.121. The molecule has 1 aromatic rings. The maximum absolute atomic E-state index is 12.1. The van der Waals surface area contributed by atoms with Crippen LogP contribution in [0.25, 0.3) is 0 Å². The van der Waals surface area contributed by atoms with E-state index in [2.05, 4.69) is 15.4 Å². The van der Waals surface area contributed by atoms with Gasteiger partial charge in [-0.05, 0) is 51.1 Å². The maximum atomic E-state index is 12.1. The standard InChI is InChI=1S/C13H19N3O3S.ClH/c1-9-10(16-13(17)11-6-4-8-15-11)5-3-7-12(9)20(18,19)14-2;/h3,5,7,11,14-15H,4,6,8H2,1-2H3,(H,16,17);1H. The smallest absolute Gasteiger partial charge is 0.241 e. The van der Waals surface area contributed by atoms with E-state index in [0.717, 1.165) is 19.4 Å². The molecule has 0 radical (unpaired) electrons. The van der Waals surface area contributed by atoms with Gasteiger partial charge in [-0.25, -0.2) is 13.1 Å². The number of hydrogen-bond donors (Lipinski definition) is 3. The molecule has 3 N–H and O–H groups in total.